The molecule has 4 aromatic rings. The lowest BCUT2D eigenvalue weighted by atomic mass is 9.90. The highest BCUT2D eigenvalue weighted by molar-refractivity contribution is 7.23. The highest BCUT2D eigenvalue weighted by Crippen LogP contribution is 2.46. The third kappa shape index (κ3) is 2.91. The molecule has 7 nitrogen and oxygen atoms in total. The van der Waals surface area contributed by atoms with E-state index in [1.54, 1.807) is 12.3 Å². The van der Waals surface area contributed by atoms with Gasteiger partial charge >= 0.3 is 0 Å². The Morgan fingerprint density at radius 3 is 2.76 bits per heavy atom. The SMILES string of the molecule is CC1CN(c2ncc3c4c(c(-c5c(F)ccc6sc(N)c(C#N)c56)c(F)c3n2)COC4)CC1O. The summed E-state index contributed by atoms with van der Waals surface area (Å²) in [5.74, 6) is -1.01. The third-order valence-corrected chi connectivity index (χ3v) is 7.72. The third-order valence-electron chi connectivity index (χ3n) is 6.74. The van der Waals surface area contributed by atoms with Gasteiger partial charge in [0.15, 0.2) is 5.82 Å². The number of aromatic nitrogens is 2. The van der Waals surface area contributed by atoms with Gasteiger partial charge in [-0.1, -0.05) is 6.92 Å². The summed E-state index contributed by atoms with van der Waals surface area (Å²) in [5, 5.41) is 20.9. The summed E-state index contributed by atoms with van der Waals surface area (Å²) in [6, 6.07) is 4.85. The maximum Gasteiger partial charge on any atom is 0.226 e. The number of nitrogen functional groups attached to an aromatic ring is 1. The summed E-state index contributed by atoms with van der Waals surface area (Å²) < 4.78 is 37.9. The Hall–Kier alpha value is -3.39. The van der Waals surface area contributed by atoms with Gasteiger partial charge in [-0.3, -0.25) is 0 Å². The fraction of sp³-hybridized carbons (Fsp3) is 0.292. The number of halogens is 2. The first kappa shape index (κ1) is 21.2. The quantitative estimate of drug-likeness (QED) is 0.446. The highest BCUT2D eigenvalue weighted by atomic mass is 32.1. The van der Waals surface area contributed by atoms with Gasteiger partial charge in [0.05, 0.1) is 24.9 Å². The first-order valence-electron chi connectivity index (χ1n) is 10.8. The van der Waals surface area contributed by atoms with E-state index < -0.39 is 17.7 Å². The van der Waals surface area contributed by atoms with E-state index in [1.807, 2.05) is 17.9 Å². The van der Waals surface area contributed by atoms with Gasteiger partial charge in [0, 0.05) is 51.8 Å². The largest absolute Gasteiger partial charge is 0.391 e. The Bertz CT molecular complexity index is 1540. The molecule has 4 heterocycles. The molecule has 0 amide bonds. The molecular weight excluding hydrogens is 460 g/mol. The molecule has 1 fully saturated rings. The lowest BCUT2D eigenvalue weighted by molar-refractivity contribution is 0.135. The van der Waals surface area contributed by atoms with Gasteiger partial charge in [-0.15, -0.1) is 11.3 Å². The smallest absolute Gasteiger partial charge is 0.226 e. The molecule has 10 heteroatoms. The van der Waals surface area contributed by atoms with Crippen molar-refractivity contribution >= 4 is 43.3 Å². The van der Waals surface area contributed by atoms with Crippen LogP contribution < -0.4 is 10.6 Å². The monoisotopic (exact) mass is 479 g/mol. The minimum atomic E-state index is -0.698. The van der Waals surface area contributed by atoms with E-state index in [4.69, 9.17) is 10.5 Å². The van der Waals surface area contributed by atoms with E-state index in [2.05, 4.69) is 9.97 Å². The number of β-amino-alcohol motifs (C(OH)–C–C–N with tert-alkyl or cyclic N) is 1. The maximum atomic E-state index is 16.3. The molecule has 34 heavy (non-hydrogen) atoms. The first-order valence-corrected chi connectivity index (χ1v) is 11.6. The number of anilines is 2. The summed E-state index contributed by atoms with van der Waals surface area (Å²) >= 11 is 1.16. The van der Waals surface area contributed by atoms with Gasteiger partial charge in [0.1, 0.15) is 22.4 Å². The fourth-order valence-corrected chi connectivity index (χ4v) is 5.90. The predicted octanol–water partition coefficient (Wildman–Crippen LogP) is 4.09. The molecule has 3 N–H and O–H groups in total. The predicted molar refractivity (Wildman–Crippen MR) is 125 cm³/mol. The summed E-state index contributed by atoms with van der Waals surface area (Å²) in [7, 11) is 0. The molecular formula is C24H19F2N5O2S. The van der Waals surface area contributed by atoms with Crippen molar-refractivity contribution in [1.29, 1.82) is 5.26 Å². The first-order chi connectivity index (χ1) is 16.4. The Kier molecular flexibility index (Phi) is 4.71. The number of ether oxygens (including phenoxy) is 1. The standard InChI is InChI=1S/C24H19F2N5O2S/c1-10-6-31(7-16(10)32)24-29-5-12-13-8-33-9-14(13)19(21(26)22(12)30-24)20-15(25)2-3-17-18(20)11(4-27)23(28)34-17/h2-3,5,10,16,32H,6-9,28H2,1H3. The zero-order chi connectivity index (χ0) is 23.7. The van der Waals surface area contributed by atoms with E-state index in [0.29, 0.717) is 45.6 Å². The summed E-state index contributed by atoms with van der Waals surface area (Å²) in [5.41, 5.74) is 7.46. The molecule has 6 rings (SSSR count). The topological polar surface area (TPSA) is 108 Å². The number of nitriles is 1. The molecule has 2 atom stereocenters. The van der Waals surface area contributed by atoms with Crippen LogP contribution in [0.1, 0.15) is 23.6 Å². The molecule has 172 valence electrons. The van der Waals surface area contributed by atoms with Crippen LogP contribution in [0.15, 0.2) is 18.3 Å². The number of nitrogens with zero attached hydrogens (tertiary/aromatic N) is 4. The zero-order valence-electron chi connectivity index (χ0n) is 18.1. The van der Waals surface area contributed by atoms with Crippen LogP contribution >= 0.6 is 11.3 Å². The number of fused-ring (bicyclic) bond motifs is 4. The van der Waals surface area contributed by atoms with Crippen LogP contribution in [-0.4, -0.2) is 34.3 Å². The van der Waals surface area contributed by atoms with Gasteiger partial charge in [0.25, 0.3) is 0 Å². The molecule has 0 saturated carbocycles. The Labute approximate surface area is 197 Å². The lowest BCUT2D eigenvalue weighted by Gasteiger charge is -2.18. The van der Waals surface area contributed by atoms with Crippen LogP contribution in [0.4, 0.5) is 19.7 Å². The van der Waals surface area contributed by atoms with E-state index in [9.17, 15) is 10.4 Å². The Morgan fingerprint density at radius 1 is 1.24 bits per heavy atom. The van der Waals surface area contributed by atoms with Crippen molar-refractivity contribution in [2.24, 2.45) is 5.92 Å². The molecule has 0 bridgehead atoms. The molecule has 2 aromatic carbocycles. The number of hydrogen-bond donors (Lipinski definition) is 2. The van der Waals surface area contributed by atoms with Gasteiger partial charge in [-0.25, -0.2) is 18.7 Å². The number of rotatable bonds is 2. The van der Waals surface area contributed by atoms with Crippen molar-refractivity contribution in [1.82, 2.24) is 9.97 Å². The average molecular weight is 480 g/mol. The molecule has 2 aliphatic heterocycles. The second-order valence-electron chi connectivity index (χ2n) is 8.77. The Balaban J connectivity index is 1.66. The van der Waals surface area contributed by atoms with Crippen molar-refractivity contribution in [3.05, 3.63) is 46.7 Å². The second kappa shape index (κ2) is 7.56. The van der Waals surface area contributed by atoms with Crippen LogP contribution in [0, 0.1) is 28.9 Å². The molecule has 2 unspecified atom stereocenters. The van der Waals surface area contributed by atoms with Crippen molar-refractivity contribution in [3.63, 3.8) is 0 Å². The van der Waals surface area contributed by atoms with Crippen molar-refractivity contribution < 1.29 is 18.6 Å². The molecule has 2 aliphatic rings. The van der Waals surface area contributed by atoms with Gasteiger partial charge in [0.2, 0.25) is 5.95 Å². The van der Waals surface area contributed by atoms with Crippen LogP contribution in [0.5, 0.6) is 0 Å². The van der Waals surface area contributed by atoms with Crippen LogP contribution in [0.25, 0.3) is 32.1 Å². The average Bonchev–Trinajstić information content (AvgIpc) is 3.52. The summed E-state index contributed by atoms with van der Waals surface area (Å²) in [6.45, 7) is 3.14. The molecule has 2 aromatic heterocycles. The van der Waals surface area contributed by atoms with Gasteiger partial charge in [-0.05, 0) is 23.3 Å². The Morgan fingerprint density at radius 2 is 2.03 bits per heavy atom. The number of nitrogens with two attached hydrogens (primary N) is 1. The molecule has 0 spiro atoms. The summed E-state index contributed by atoms with van der Waals surface area (Å²) in [4.78, 5) is 10.7. The number of benzene rings is 2. The van der Waals surface area contributed by atoms with E-state index in [-0.39, 0.29) is 46.3 Å². The minimum absolute atomic E-state index is 0.00599. The van der Waals surface area contributed by atoms with Crippen molar-refractivity contribution in [2.45, 2.75) is 26.2 Å². The van der Waals surface area contributed by atoms with E-state index >= 15 is 8.78 Å². The van der Waals surface area contributed by atoms with Crippen LogP contribution in [-0.2, 0) is 18.0 Å². The van der Waals surface area contributed by atoms with Crippen LogP contribution in [0.2, 0.25) is 0 Å². The lowest BCUT2D eigenvalue weighted by Crippen LogP contribution is -2.23. The number of hydrogen-bond acceptors (Lipinski definition) is 8. The van der Waals surface area contributed by atoms with E-state index in [1.165, 1.54) is 6.07 Å². The molecule has 0 aliphatic carbocycles. The van der Waals surface area contributed by atoms with Gasteiger partial charge < -0.3 is 20.5 Å². The number of thiophene rings is 1. The minimum Gasteiger partial charge on any atom is -0.391 e. The normalized spacial score (nSPS) is 19.8. The van der Waals surface area contributed by atoms with E-state index in [0.717, 1.165) is 11.3 Å². The highest BCUT2D eigenvalue weighted by Gasteiger charge is 2.32. The molecule has 1 saturated heterocycles. The fourth-order valence-electron chi connectivity index (χ4n) is 4.97. The molecule has 0 radical (unpaired) electrons. The summed E-state index contributed by atoms with van der Waals surface area (Å²) in [6.07, 6.45) is 1.04. The number of aliphatic hydroxyl groups is 1. The number of aliphatic hydroxyl groups excluding tert-OH is 1. The second-order valence-corrected chi connectivity index (χ2v) is 9.85. The van der Waals surface area contributed by atoms with Crippen molar-refractivity contribution in [2.75, 3.05) is 23.7 Å². The maximum absolute atomic E-state index is 16.3. The zero-order valence-corrected chi connectivity index (χ0v) is 18.9. The van der Waals surface area contributed by atoms with Crippen LogP contribution in [0.3, 0.4) is 0 Å². The van der Waals surface area contributed by atoms with Crippen molar-refractivity contribution in [3.8, 4) is 17.2 Å². The van der Waals surface area contributed by atoms with Gasteiger partial charge in [-0.2, -0.15) is 5.26 Å².